The highest BCUT2D eigenvalue weighted by molar-refractivity contribution is 6.06. The van der Waals surface area contributed by atoms with E-state index in [1.165, 1.54) is 0 Å². The molecule has 0 fully saturated rings. The van der Waals surface area contributed by atoms with Crippen molar-refractivity contribution >= 4 is 27.6 Å². The van der Waals surface area contributed by atoms with Crippen molar-refractivity contribution < 1.29 is 5.11 Å². The second-order valence-electron chi connectivity index (χ2n) is 5.73. The van der Waals surface area contributed by atoms with Crippen molar-refractivity contribution in [2.75, 3.05) is 5.32 Å². The van der Waals surface area contributed by atoms with Gasteiger partial charge in [-0.15, -0.1) is 0 Å². The summed E-state index contributed by atoms with van der Waals surface area (Å²) in [6.45, 7) is 3.46. The monoisotopic (exact) mass is 318 g/mol. The van der Waals surface area contributed by atoms with E-state index in [2.05, 4.69) is 23.4 Å². The van der Waals surface area contributed by atoms with Gasteiger partial charge in [0.05, 0.1) is 22.8 Å². The Morgan fingerprint density at radius 2 is 1.96 bits per heavy atom. The molecular weight excluding hydrogens is 300 g/mol. The number of nitrogens with one attached hydrogen (secondary N) is 1. The predicted molar refractivity (Wildman–Crippen MR) is 96.1 cm³/mol. The second-order valence-corrected chi connectivity index (χ2v) is 5.73. The molecule has 0 atom stereocenters. The van der Waals surface area contributed by atoms with Gasteiger partial charge in [-0.05, 0) is 30.7 Å². The molecule has 2 heterocycles. The SMILES string of the molecule is CCn1ncc2c(NCc3cccc(O)c3)c3ccccc3nc21. The van der Waals surface area contributed by atoms with Gasteiger partial charge in [-0.1, -0.05) is 30.3 Å². The number of aromatic nitrogens is 3. The quantitative estimate of drug-likeness (QED) is 0.598. The number of phenols is 1. The highest BCUT2D eigenvalue weighted by Gasteiger charge is 2.12. The van der Waals surface area contributed by atoms with Gasteiger partial charge < -0.3 is 10.4 Å². The van der Waals surface area contributed by atoms with E-state index in [-0.39, 0.29) is 5.75 Å². The maximum Gasteiger partial charge on any atom is 0.160 e. The summed E-state index contributed by atoms with van der Waals surface area (Å²) in [5, 5.41) is 19.7. The molecule has 4 aromatic rings. The van der Waals surface area contributed by atoms with Crippen molar-refractivity contribution in [3.8, 4) is 5.75 Å². The Kier molecular flexibility index (Phi) is 3.54. The van der Waals surface area contributed by atoms with Gasteiger partial charge >= 0.3 is 0 Å². The third kappa shape index (κ3) is 2.44. The molecule has 0 amide bonds. The van der Waals surface area contributed by atoms with E-state index in [0.717, 1.165) is 39.7 Å². The molecule has 24 heavy (non-hydrogen) atoms. The standard InChI is InChI=1S/C19H18N4O/c1-2-23-19-16(12-21-23)18(15-8-3-4-9-17(15)22-19)20-11-13-6-5-7-14(24)10-13/h3-10,12,24H,2,11H2,1H3,(H,20,22). The normalized spacial score (nSPS) is 11.2. The number of phenolic OH excluding ortho intramolecular Hbond substituents is 1. The van der Waals surface area contributed by atoms with E-state index in [9.17, 15) is 5.11 Å². The molecule has 0 radical (unpaired) electrons. The van der Waals surface area contributed by atoms with Crippen molar-refractivity contribution in [1.82, 2.24) is 14.8 Å². The third-order valence-corrected chi connectivity index (χ3v) is 4.16. The number of hydrogen-bond acceptors (Lipinski definition) is 4. The van der Waals surface area contributed by atoms with Crippen molar-refractivity contribution in [2.45, 2.75) is 20.0 Å². The summed E-state index contributed by atoms with van der Waals surface area (Å²) in [5.74, 6) is 0.276. The number of benzene rings is 2. The van der Waals surface area contributed by atoms with Crippen molar-refractivity contribution in [3.63, 3.8) is 0 Å². The number of aryl methyl sites for hydroxylation is 1. The molecule has 0 unspecified atom stereocenters. The van der Waals surface area contributed by atoms with Crippen molar-refractivity contribution in [2.24, 2.45) is 0 Å². The van der Waals surface area contributed by atoms with Crippen LogP contribution in [-0.4, -0.2) is 19.9 Å². The van der Waals surface area contributed by atoms with Gasteiger partial charge in [0.25, 0.3) is 0 Å². The molecule has 2 N–H and O–H groups in total. The van der Waals surface area contributed by atoms with Crippen LogP contribution in [0.2, 0.25) is 0 Å². The van der Waals surface area contributed by atoms with E-state index >= 15 is 0 Å². The molecule has 0 bridgehead atoms. The molecule has 120 valence electrons. The summed E-state index contributed by atoms with van der Waals surface area (Å²) in [6, 6.07) is 15.4. The Balaban J connectivity index is 1.83. The van der Waals surface area contributed by atoms with Gasteiger partial charge in [-0.25, -0.2) is 9.67 Å². The Labute approximate surface area is 139 Å². The topological polar surface area (TPSA) is 63.0 Å². The van der Waals surface area contributed by atoms with Gasteiger partial charge in [0.1, 0.15) is 5.75 Å². The van der Waals surface area contributed by atoms with Crippen LogP contribution in [0.15, 0.2) is 54.7 Å². The summed E-state index contributed by atoms with van der Waals surface area (Å²) in [4.78, 5) is 4.76. The van der Waals surface area contributed by atoms with E-state index in [1.807, 2.05) is 41.2 Å². The van der Waals surface area contributed by atoms with E-state index in [4.69, 9.17) is 4.98 Å². The van der Waals surface area contributed by atoms with Gasteiger partial charge in [0.15, 0.2) is 5.65 Å². The first-order valence-electron chi connectivity index (χ1n) is 8.02. The number of para-hydroxylation sites is 1. The summed E-state index contributed by atoms with van der Waals surface area (Å²) >= 11 is 0. The molecule has 0 spiro atoms. The average Bonchev–Trinajstić information content (AvgIpc) is 3.01. The first kappa shape index (κ1) is 14.5. The lowest BCUT2D eigenvalue weighted by Gasteiger charge is -2.12. The van der Waals surface area contributed by atoms with Gasteiger partial charge in [-0.3, -0.25) is 0 Å². The van der Waals surface area contributed by atoms with Gasteiger partial charge in [-0.2, -0.15) is 5.10 Å². The molecule has 2 aromatic carbocycles. The summed E-state index contributed by atoms with van der Waals surface area (Å²) in [7, 11) is 0. The second kappa shape index (κ2) is 5.85. The first-order valence-corrected chi connectivity index (χ1v) is 8.02. The summed E-state index contributed by atoms with van der Waals surface area (Å²) in [6.07, 6.45) is 1.86. The van der Waals surface area contributed by atoms with Gasteiger partial charge in [0, 0.05) is 18.5 Å². The van der Waals surface area contributed by atoms with Gasteiger partial charge in [0.2, 0.25) is 0 Å². The third-order valence-electron chi connectivity index (χ3n) is 4.16. The lowest BCUT2D eigenvalue weighted by molar-refractivity contribution is 0.474. The van der Waals surface area contributed by atoms with Crippen LogP contribution in [0, 0.1) is 0 Å². The number of aromatic hydroxyl groups is 1. The molecule has 0 aliphatic rings. The molecule has 5 heteroatoms. The molecule has 0 aliphatic heterocycles. The number of hydrogen-bond donors (Lipinski definition) is 2. The molecular formula is C19H18N4O. The molecule has 0 saturated heterocycles. The largest absolute Gasteiger partial charge is 0.508 e. The van der Waals surface area contributed by atoms with Crippen LogP contribution in [0.5, 0.6) is 5.75 Å². The fourth-order valence-corrected chi connectivity index (χ4v) is 2.99. The van der Waals surface area contributed by atoms with Crippen LogP contribution >= 0.6 is 0 Å². The lowest BCUT2D eigenvalue weighted by Crippen LogP contribution is -2.02. The van der Waals surface area contributed by atoms with Crippen LogP contribution < -0.4 is 5.32 Å². The van der Waals surface area contributed by atoms with Crippen LogP contribution in [0.4, 0.5) is 5.69 Å². The van der Waals surface area contributed by atoms with Crippen molar-refractivity contribution in [1.29, 1.82) is 0 Å². The minimum atomic E-state index is 0.276. The fraction of sp³-hybridized carbons (Fsp3) is 0.158. The van der Waals surface area contributed by atoms with E-state index in [1.54, 1.807) is 12.1 Å². The van der Waals surface area contributed by atoms with Crippen LogP contribution in [0.3, 0.4) is 0 Å². The Hall–Kier alpha value is -3.08. The van der Waals surface area contributed by atoms with E-state index in [0.29, 0.717) is 6.54 Å². The maximum atomic E-state index is 9.64. The smallest absolute Gasteiger partial charge is 0.160 e. The summed E-state index contributed by atoms with van der Waals surface area (Å²) in [5.41, 5.74) is 3.87. The Bertz CT molecular complexity index is 1020. The zero-order valence-electron chi connectivity index (χ0n) is 13.4. The zero-order chi connectivity index (χ0) is 16.5. The van der Waals surface area contributed by atoms with Crippen LogP contribution in [-0.2, 0) is 13.1 Å². The van der Waals surface area contributed by atoms with Crippen LogP contribution in [0.1, 0.15) is 12.5 Å². The minimum Gasteiger partial charge on any atom is -0.508 e. The maximum absolute atomic E-state index is 9.64. The molecule has 5 nitrogen and oxygen atoms in total. The average molecular weight is 318 g/mol. The number of rotatable bonds is 4. The number of pyridine rings is 1. The first-order chi connectivity index (χ1) is 11.8. The number of anilines is 1. The molecule has 4 rings (SSSR count). The fourth-order valence-electron chi connectivity index (χ4n) is 2.99. The molecule has 0 saturated carbocycles. The highest BCUT2D eigenvalue weighted by Crippen LogP contribution is 2.31. The minimum absolute atomic E-state index is 0.276. The summed E-state index contributed by atoms with van der Waals surface area (Å²) < 4.78 is 1.90. The van der Waals surface area contributed by atoms with E-state index < -0.39 is 0 Å². The lowest BCUT2D eigenvalue weighted by atomic mass is 10.1. The van der Waals surface area contributed by atoms with Crippen LogP contribution in [0.25, 0.3) is 21.9 Å². The molecule has 2 aromatic heterocycles. The zero-order valence-corrected chi connectivity index (χ0v) is 13.4. The number of nitrogens with zero attached hydrogens (tertiary/aromatic N) is 3. The Morgan fingerprint density at radius 3 is 2.79 bits per heavy atom. The predicted octanol–water partition coefficient (Wildman–Crippen LogP) is 3.92. The highest BCUT2D eigenvalue weighted by atomic mass is 16.3. The number of fused-ring (bicyclic) bond motifs is 2. The molecule has 0 aliphatic carbocycles. The van der Waals surface area contributed by atoms with Crippen molar-refractivity contribution in [3.05, 3.63) is 60.3 Å². The Morgan fingerprint density at radius 1 is 1.08 bits per heavy atom.